The first-order chi connectivity index (χ1) is 13.6. The molecule has 0 atom stereocenters. The smallest absolute Gasteiger partial charge is 0.339 e. The minimum Gasteiger partial charge on any atom is -0.490 e. The molecule has 0 N–H and O–H groups in total. The lowest BCUT2D eigenvalue weighted by atomic mass is 10.0. The number of hydrogen-bond acceptors (Lipinski definition) is 4. The van der Waals surface area contributed by atoms with Gasteiger partial charge in [-0.2, -0.15) is 0 Å². The summed E-state index contributed by atoms with van der Waals surface area (Å²) < 4.78 is 10.9. The highest BCUT2D eigenvalue weighted by Gasteiger charge is 2.24. The van der Waals surface area contributed by atoms with Gasteiger partial charge in [-0.05, 0) is 23.3 Å². The lowest BCUT2D eigenvalue weighted by Gasteiger charge is -2.32. The zero-order chi connectivity index (χ0) is 19.5. The summed E-state index contributed by atoms with van der Waals surface area (Å²) in [7, 11) is 0. The second kappa shape index (κ2) is 7.89. The molecule has 1 aromatic heterocycles. The number of ether oxygens (including phenoxy) is 1. The molecule has 0 radical (unpaired) electrons. The van der Waals surface area contributed by atoms with E-state index in [0.29, 0.717) is 31.0 Å². The Labute approximate surface area is 163 Å². The maximum absolute atomic E-state index is 12.8. The number of amides is 1. The maximum Gasteiger partial charge on any atom is 0.339 e. The zero-order valence-electron chi connectivity index (χ0n) is 15.9. The summed E-state index contributed by atoms with van der Waals surface area (Å²) in [4.78, 5) is 26.2. The van der Waals surface area contributed by atoms with E-state index in [0.717, 1.165) is 29.2 Å². The molecule has 1 fully saturated rings. The molecule has 2 aromatic carbocycles. The van der Waals surface area contributed by atoms with Crippen LogP contribution in [-0.4, -0.2) is 30.0 Å². The van der Waals surface area contributed by atoms with Crippen LogP contribution in [0.4, 0.5) is 0 Å². The molecular formula is C23H23NO4. The van der Waals surface area contributed by atoms with Gasteiger partial charge in [-0.15, -0.1) is 0 Å². The van der Waals surface area contributed by atoms with E-state index in [1.807, 2.05) is 29.2 Å². The Morgan fingerprint density at radius 3 is 2.64 bits per heavy atom. The molecule has 5 heteroatoms. The first-order valence-electron chi connectivity index (χ1n) is 9.61. The SMILES string of the molecule is Cc1cc(OC2CCN(C(=O)Cc3cccc4ccccc34)CC2)cc(=O)o1. The van der Waals surface area contributed by atoms with E-state index in [9.17, 15) is 9.59 Å². The highest BCUT2D eigenvalue weighted by Crippen LogP contribution is 2.22. The number of likely N-dealkylation sites (tertiary alicyclic amines) is 1. The van der Waals surface area contributed by atoms with Gasteiger partial charge in [0.25, 0.3) is 0 Å². The first kappa shape index (κ1) is 18.3. The van der Waals surface area contributed by atoms with Gasteiger partial charge in [0.1, 0.15) is 17.6 Å². The second-order valence-corrected chi connectivity index (χ2v) is 7.24. The van der Waals surface area contributed by atoms with Crippen LogP contribution < -0.4 is 10.4 Å². The van der Waals surface area contributed by atoms with Gasteiger partial charge in [0, 0.05) is 32.0 Å². The van der Waals surface area contributed by atoms with Crippen molar-refractivity contribution >= 4 is 16.7 Å². The topological polar surface area (TPSA) is 59.8 Å². The molecule has 28 heavy (non-hydrogen) atoms. The number of piperidine rings is 1. The lowest BCUT2D eigenvalue weighted by molar-refractivity contribution is -0.132. The normalized spacial score (nSPS) is 15.0. The number of hydrogen-bond donors (Lipinski definition) is 0. The summed E-state index contributed by atoms with van der Waals surface area (Å²) >= 11 is 0. The standard InChI is InChI=1S/C23H23NO4/c1-16-13-20(15-23(26)27-16)28-19-9-11-24(12-10-19)22(25)14-18-7-4-6-17-5-2-3-8-21(17)18/h2-8,13,15,19H,9-12,14H2,1H3. The van der Waals surface area contributed by atoms with Crippen LogP contribution in [0, 0.1) is 6.92 Å². The predicted octanol–water partition coefficient (Wildman–Crippen LogP) is 3.71. The highest BCUT2D eigenvalue weighted by molar-refractivity contribution is 5.90. The van der Waals surface area contributed by atoms with E-state index in [-0.39, 0.29) is 12.0 Å². The number of carbonyl (C=O) groups is 1. The maximum atomic E-state index is 12.8. The van der Waals surface area contributed by atoms with Gasteiger partial charge in [-0.25, -0.2) is 4.79 Å². The predicted molar refractivity (Wildman–Crippen MR) is 108 cm³/mol. The Kier molecular flexibility index (Phi) is 5.15. The molecule has 1 saturated heterocycles. The molecule has 0 saturated carbocycles. The monoisotopic (exact) mass is 377 g/mol. The number of nitrogens with zero attached hydrogens (tertiary/aromatic N) is 1. The lowest BCUT2D eigenvalue weighted by Crippen LogP contribution is -2.42. The van der Waals surface area contributed by atoms with Crippen molar-refractivity contribution in [3.8, 4) is 5.75 Å². The van der Waals surface area contributed by atoms with Crippen LogP contribution in [0.1, 0.15) is 24.2 Å². The van der Waals surface area contributed by atoms with E-state index in [1.54, 1.807) is 13.0 Å². The number of rotatable bonds is 4. The minimum atomic E-state index is -0.405. The van der Waals surface area contributed by atoms with E-state index in [2.05, 4.69) is 18.2 Å². The van der Waals surface area contributed by atoms with Crippen LogP contribution in [0.2, 0.25) is 0 Å². The van der Waals surface area contributed by atoms with Gasteiger partial charge in [-0.3, -0.25) is 4.79 Å². The third-order valence-electron chi connectivity index (χ3n) is 5.19. The summed E-state index contributed by atoms with van der Waals surface area (Å²) in [6.07, 6.45) is 1.91. The van der Waals surface area contributed by atoms with Crippen LogP contribution in [0.3, 0.4) is 0 Å². The Bertz CT molecular complexity index is 1040. The number of carbonyl (C=O) groups excluding carboxylic acids is 1. The molecule has 5 nitrogen and oxygen atoms in total. The molecule has 3 aromatic rings. The fourth-order valence-electron chi connectivity index (χ4n) is 3.78. The fraction of sp³-hybridized carbons (Fsp3) is 0.304. The number of aryl methyl sites for hydroxylation is 1. The van der Waals surface area contributed by atoms with Gasteiger partial charge >= 0.3 is 5.63 Å². The Balaban J connectivity index is 1.37. The summed E-state index contributed by atoms with van der Waals surface area (Å²) in [6.45, 7) is 3.05. The van der Waals surface area contributed by atoms with Crippen molar-refractivity contribution in [1.29, 1.82) is 0 Å². The largest absolute Gasteiger partial charge is 0.490 e. The Morgan fingerprint density at radius 1 is 1.11 bits per heavy atom. The number of fused-ring (bicyclic) bond motifs is 1. The molecule has 0 bridgehead atoms. The van der Waals surface area contributed by atoms with Crippen molar-refractivity contribution in [2.75, 3.05) is 13.1 Å². The van der Waals surface area contributed by atoms with Gasteiger partial charge in [-0.1, -0.05) is 42.5 Å². The second-order valence-electron chi connectivity index (χ2n) is 7.24. The molecule has 144 valence electrons. The van der Waals surface area contributed by atoms with Crippen molar-refractivity contribution in [2.45, 2.75) is 32.3 Å². The van der Waals surface area contributed by atoms with E-state index in [4.69, 9.17) is 9.15 Å². The van der Waals surface area contributed by atoms with Crippen LogP contribution in [0.15, 0.2) is 63.8 Å². The molecule has 0 aliphatic carbocycles. The van der Waals surface area contributed by atoms with Crippen molar-refractivity contribution in [3.05, 3.63) is 76.3 Å². The van der Waals surface area contributed by atoms with Crippen molar-refractivity contribution in [2.24, 2.45) is 0 Å². The summed E-state index contributed by atoms with van der Waals surface area (Å²) in [5.74, 6) is 1.21. The van der Waals surface area contributed by atoms with Gasteiger partial charge in [0.2, 0.25) is 5.91 Å². The third kappa shape index (κ3) is 4.09. The van der Waals surface area contributed by atoms with Crippen molar-refractivity contribution in [3.63, 3.8) is 0 Å². The summed E-state index contributed by atoms with van der Waals surface area (Å²) in [5, 5.41) is 2.29. The molecule has 1 amide bonds. The van der Waals surface area contributed by atoms with Crippen LogP contribution in [-0.2, 0) is 11.2 Å². The van der Waals surface area contributed by atoms with Gasteiger partial charge in [0.15, 0.2) is 0 Å². The average Bonchev–Trinajstić information content (AvgIpc) is 2.68. The van der Waals surface area contributed by atoms with Gasteiger partial charge in [0.05, 0.1) is 12.5 Å². The molecule has 0 unspecified atom stereocenters. The Morgan fingerprint density at radius 2 is 1.86 bits per heavy atom. The quantitative estimate of drug-likeness (QED) is 0.695. The number of benzene rings is 2. The van der Waals surface area contributed by atoms with Crippen molar-refractivity contribution < 1.29 is 13.9 Å². The molecular weight excluding hydrogens is 354 g/mol. The van der Waals surface area contributed by atoms with Crippen molar-refractivity contribution in [1.82, 2.24) is 4.90 Å². The van der Waals surface area contributed by atoms with Gasteiger partial charge < -0.3 is 14.1 Å². The summed E-state index contributed by atoms with van der Waals surface area (Å²) in [6, 6.07) is 17.3. The molecule has 4 rings (SSSR count). The Hall–Kier alpha value is -3.08. The molecule has 2 heterocycles. The third-order valence-corrected chi connectivity index (χ3v) is 5.19. The molecule has 1 aliphatic rings. The highest BCUT2D eigenvalue weighted by atomic mass is 16.5. The average molecular weight is 377 g/mol. The van der Waals surface area contributed by atoms with E-state index < -0.39 is 5.63 Å². The summed E-state index contributed by atoms with van der Waals surface area (Å²) in [5.41, 5.74) is 0.658. The molecule has 0 spiro atoms. The minimum absolute atomic E-state index is 0.00260. The first-order valence-corrected chi connectivity index (χ1v) is 9.61. The van der Waals surface area contributed by atoms with E-state index in [1.165, 1.54) is 6.07 Å². The van der Waals surface area contributed by atoms with Crippen LogP contribution in [0.25, 0.3) is 10.8 Å². The fourth-order valence-corrected chi connectivity index (χ4v) is 3.78. The van der Waals surface area contributed by atoms with E-state index >= 15 is 0 Å². The van der Waals surface area contributed by atoms with Crippen LogP contribution in [0.5, 0.6) is 5.75 Å². The zero-order valence-corrected chi connectivity index (χ0v) is 15.9. The molecule has 1 aliphatic heterocycles. The van der Waals surface area contributed by atoms with Crippen LogP contribution >= 0.6 is 0 Å².